The number of amides is 3. The van der Waals surface area contributed by atoms with Crippen LogP contribution in [0.25, 0.3) is 0 Å². The SMILES string of the molecule is COCC(NC(=O)c1cc(C)on1)C(=O)N[C@@H](CC#N)C(=O)NC(CC(C)C)C(=O)C1(C)CO1. The van der Waals surface area contributed by atoms with Gasteiger partial charge < -0.3 is 29.9 Å². The molecule has 12 nitrogen and oxygen atoms in total. The van der Waals surface area contributed by atoms with Crippen molar-refractivity contribution >= 4 is 23.5 Å². The number of nitrogens with zero attached hydrogens (tertiary/aromatic N) is 2. The van der Waals surface area contributed by atoms with Gasteiger partial charge in [0.05, 0.1) is 31.7 Å². The summed E-state index contributed by atoms with van der Waals surface area (Å²) in [6, 6.07) is 0.00284. The highest BCUT2D eigenvalue weighted by Crippen LogP contribution is 2.29. The number of nitriles is 1. The van der Waals surface area contributed by atoms with E-state index in [0.717, 1.165) is 0 Å². The van der Waals surface area contributed by atoms with Gasteiger partial charge in [0, 0.05) is 13.2 Å². The predicted molar refractivity (Wildman–Crippen MR) is 117 cm³/mol. The smallest absolute Gasteiger partial charge is 0.274 e. The van der Waals surface area contributed by atoms with Crippen LogP contribution < -0.4 is 16.0 Å². The first kappa shape index (κ1) is 26.9. The van der Waals surface area contributed by atoms with Crippen LogP contribution >= 0.6 is 0 Å². The van der Waals surface area contributed by atoms with E-state index in [4.69, 9.17) is 14.0 Å². The summed E-state index contributed by atoms with van der Waals surface area (Å²) in [6.07, 6.45) is 0.0281. The number of nitrogens with one attached hydrogen (secondary N) is 3. The zero-order chi connectivity index (χ0) is 25.5. The van der Waals surface area contributed by atoms with Gasteiger partial charge in [0.2, 0.25) is 11.8 Å². The van der Waals surface area contributed by atoms with Crippen molar-refractivity contribution in [2.45, 2.75) is 64.3 Å². The summed E-state index contributed by atoms with van der Waals surface area (Å²) < 4.78 is 15.1. The van der Waals surface area contributed by atoms with E-state index in [9.17, 15) is 24.4 Å². The number of ketones is 1. The second-order valence-electron chi connectivity index (χ2n) is 8.80. The van der Waals surface area contributed by atoms with Crippen molar-refractivity contribution < 1.29 is 33.2 Å². The van der Waals surface area contributed by atoms with Crippen molar-refractivity contribution in [3.8, 4) is 6.07 Å². The number of hydrogen-bond donors (Lipinski definition) is 3. The molecule has 1 fully saturated rings. The molecule has 2 heterocycles. The third kappa shape index (κ3) is 7.36. The molecule has 0 saturated carbocycles. The molecule has 1 aromatic heterocycles. The zero-order valence-corrected chi connectivity index (χ0v) is 20.0. The fourth-order valence-corrected chi connectivity index (χ4v) is 3.22. The third-order valence-corrected chi connectivity index (χ3v) is 5.18. The van der Waals surface area contributed by atoms with E-state index in [0.29, 0.717) is 12.2 Å². The normalized spacial score (nSPS) is 19.4. The molecule has 3 amide bonds. The fraction of sp³-hybridized carbons (Fsp3) is 0.636. The Labute approximate surface area is 197 Å². The largest absolute Gasteiger partial charge is 0.382 e. The minimum atomic E-state index is -1.25. The summed E-state index contributed by atoms with van der Waals surface area (Å²) in [7, 11) is 1.34. The van der Waals surface area contributed by atoms with Crippen molar-refractivity contribution in [2.24, 2.45) is 5.92 Å². The van der Waals surface area contributed by atoms with Crippen LogP contribution in [0.15, 0.2) is 10.6 Å². The molecule has 3 N–H and O–H groups in total. The number of epoxide rings is 1. The molecule has 34 heavy (non-hydrogen) atoms. The number of Topliss-reactive ketones (excluding diaryl/α,β-unsaturated/α-hetero) is 1. The van der Waals surface area contributed by atoms with Gasteiger partial charge in [-0.15, -0.1) is 0 Å². The molecule has 4 atom stereocenters. The van der Waals surface area contributed by atoms with E-state index in [-0.39, 0.29) is 37.0 Å². The van der Waals surface area contributed by atoms with Gasteiger partial charge in [0.15, 0.2) is 11.5 Å². The van der Waals surface area contributed by atoms with Gasteiger partial charge in [0.25, 0.3) is 5.91 Å². The van der Waals surface area contributed by atoms with Gasteiger partial charge in [-0.1, -0.05) is 19.0 Å². The average Bonchev–Trinajstić information content (AvgIpc) is 3.37. The molecule has 0 aromatic carbocycles. The minimum Gasteiger partial charge on any atom is -0.382 e. The van der Waals surface area contributed by atoms with Gasteiger partial charge in [0.1, 0.15) is 23.4 Å². The maximum Gasteiger partial charge on any atom is 0.274 e. The second kappa shape index (κ2) is 11.7. The first-order chi connectivity index (χ1) is 16.0. The number of hydrogen-bond acceptors (Lipinski definition) is 9. The van der Waals surface area contributed by atoms with Crippen molar-refractivity contribution in [3.63, 3.8) is 0 Å². The van der Waals surface area contributed by atoms with E-state index in [1.807, 2.05) is 19.9 Å². The molecule has 2 rings (SSSR count). The van der Waals surface area contributed by atoms with E-state index in [2.05, 4.69) is 21.1 Å². The van der Waals surface area contributed by atoms with Gasteiger partial charge in [-0.2, -0.15) is 5.26 Å². The lowest BCUT2D eigenvalue weighted by molar-refractivity contribution is -0.133. The van der Waals surface area contributed by atoms with Gasteiger partial charge >= 0.3 is 0 Å². The lowest BCUT2D eigenvalue weighted by atomic mass is 9.93. The third-order valence-electron chi connectivity index (χ3n) is 5.18. The monoisotopic (exact) mass is 477 g/mol. The molecule has 1 saturated heterocycles. The van der Waals surface area contributed by atoms with Crippen LogP contribution in [0.5, 0.6) is 0 Å². The maximum absolute atomic E-state index is 12.9. The lowest BCUT2D eigenvalue weighted by Gasteiger charge is -2.25. The Morgan fingerprint density at radius 3 is 2.29 bits per heavy atom. The number of methoxy groups -OCH3 is 1. The van der Waals surface area contributed by atoms with Crippen LogP contribution in [0.1, 0.15) is 49.9 Å². The van der Waals surface area contributed by atoms with Crippen molar-refractivity contribution in [2.75, 3.05) is 20.3 Å². The van der Waals surface area contributed by atoms with Crippen LogP contribution in [0.4, 0.5) is 0 Å². The van der Waals surface area contributed by atoms with E-state index in [1.54, 1.807) is 13.8 Å². The topological polar surface area (TPSA) is 176 Å². The number of aryl methyl sites for hydroxylation is 1. The summed E-state index contributed by atoms with van der Waals surface area (Å²) >= 11 is 0. The van der Waals surface area contributed by atoms with Crippen LogP contribution in [0.3, 0.4) is 0 Å². The molecular weight excluding hydrogens is 446 g/mol. The Balaban J connectivity index is 2.09. The minimum absolute atomic E-state index is 0.0245. The molecule has 0 bridgehead atoms. The Bertz CT molecular complexity index is 948. The molecule has 1 aliphatic heterocycles. The number of ether oxygens (including phenoxy) is 2. The van der Waals surface area contributed by atoms with Crippen molar-refractivity contribution in [1.82, 2.24) is 21.1 Å². The summed E-state index contributed by atoms with van der Waals surface area (Å²) in [5.74, 6) is -1.84. The molecule has 12 heteroatoms. The summed E-state index contributed by atoms with van der Waals surface area (Å²) in [4.78, 5) is 50.9. The Kier molecular flexibility index (Phi) is 9.28. The molecule has 0 radical (unpaired) electrons. The van der Waals surface area contributed by atoms with Gasteiger partial charge in [-0.05, 0) is 26.2 Å². The lowest BCUT2D eigenvalue weighted by Crippen LogP contribution is -2.57. The fourth-order valence-electron chi connectivity index (χ4n) is 3.22. The zero-order valence-electron chi connectivity index (χ0n) is 20.0. The molecule has 1 aliphatic rings. The molecule has 0 aliphatic carbocycles. The number of aromatic nitrogens is 1. The second-order valence-corrected chi connectivity index (χ2v) is 8.80. The molecule has 3 unspecified atom stereocenters. The number of carbonyl (C=O) groups is 4. The summed E-state index contributed by atoms with van der Waals surface area (Å²) in [6.45, 7) is 7.16. The van der Waals surface area contributed by atoms with E-state index in [1.165, 1.54) is 13.2 Å². The first-order valence-corrected chi connectivity index (χ1v) is 10.9. The highest BCUT2D eigenvalue weighted by atomic mass is 16.6. The Morgan fingerprint density at radius 1 is 1.18 bits per heavy atom. The Hall–Kier alpha value is -3.30. The van der Waals surface area contributed by atoms with Crippen molar-refractivity contribution in [3.05, 3.63) is 17.5 Å². The van der Waals surface area contributed by atoms with Gasteiger partial charge in [-0.3, -0.25) is 19.2 Å². The summed E-state index contributed by atoms with van der Waals surface area (Å²) in [5, 5.41) is 20.4. The first-order valence-electron chi connectivity index (χ1n) is 10.9. The van der Waals surface area contributed by atoms with Gasteiger partial charge in [-0.25, -0.2) is 0 Å². The number of rotatable bonds is 13. The highest BCUT2D eigenvalue weighted by molar-refractivity contribution is 5.99. The Morgan fingerprint density at radius 2 is 1.79 bits per heavy atom. The van der Waals surface area contributed by atoms with Crippen LogP contribution in [0, 0.1) is 24.2 Å². The highest BCUT2D eigenvalue weighted by Gasteiger charge is 2.50. The molecule has 186 valence electrons. The van der Waals surface area contributed by atoms with Crippen LogP contribution in [-0.4, -0.2) is 72.7 Å². The standard InChI is InChI=1S/C22H31N5O7/c1-12(2)8-15(18(28)22(4)11-33-22)25-19(29)14(6-7-23)24-21(31)17(10-32-5)26-20(30)16-9-13(3)34-27-16/h9,12,14-15,17H,6,8,10-11H2,1-5H3,(H,24,31)(H,25,29)(H,26,30)/t14-,15?,17?,22?/m0/s1. The molecule has 0 spiro atoms. The molecule has 1 aromatic rings. The maximum atomic E-state index is 12.9. The molecular formula is C22H31N5O7. The van der Waals surface area contributed by atoms with E-state index < -0.39 is 41.4 Å². The van der Waals surface area contributed by atoms with E-state index >= 15 is 0 Å². The summed E-state index contributed by atoms with van der Waals surface area (Å²) in [5.41, 5.74) is -0.961. The quantitative estimate of drug-likeness (QED) is 0.330. The predicted octanol–water partition coefficient (Wildman–Crippen LogP) is 0.0152. The van der Waals surface area contributed by atoms with Crippen LogP contribution in [0.2, 0.25) is 0 Å². The average molecular weight is 478 g/mol. The number of carbonyl (C=O) groups excluding carboxylic acids is 4. The van der Waals surface area contributed by atoms with Crippen molar-refractivity contribution in [1.29, 1.82) is 5.26 Å². The van der Waals surface area contributed by atoms with Crippen LogP contribution in [-0.2, 0) is 23.9 Å².